The van der Waals surface area contributed by atoms with Crippen LogP contribution in [0.3, 0.4) is 0 Å². The summed E-state index contributed by atoms with van der Waals surface area (Å²) in [5.41, 5.74) is 0. The fraction of sp³-hybridized carbons (Fsp3) is 1.00. The van der Waals surface area contributed by atoms with Crippen molar-refractivity contribution in [3.05, 3.63) is 0 Å². The van der Waals surface area contributed by atoms with Gasteiger partial charge < -0.3 is 35.0 Å². The third-order valence-electron chi connectivity index (χ3n) is 12.3. The second-order valence-electron chi connectivity index (χ2n) is 18.2. The Morgan fingerprint density at radius 3 is 1.34 bits per heavy atom. The summed E-state index contributed by atoms with van der Waals surface area (Å²) in [4.78, 5) is 0. The second-order valence-corrected chi connectivity index (χ2v) is 24.9. The minimum atomic E-state index is -2.63. The largest absolute Gasteiger partial charge is 0.394 e. The summed E-state index contributed by atoms with van der Waals surface area (Å²) in [6.45, 7) is 6.11. The molecule has 0 saturated carbocycles. The molecule has 58 heavy (non-hydrogen) atoms. The number of ether oxygens (including phenoxy) is 2. The Balaban J connectivity index is 2.66. The number of hydrogen-bond acceptors (Lipinski definition) is 9. The molecule has 1 aliphatic heterocycles. The molecule has 0 aromatic carbocycles. The minimum absolute atomic E-state index is 0.161. The zero-order chi connectivity index (χ0) is 42.9. The molecule has 0 bridgehead atoms. The molecule has 350 valence electrons. The van der Waals surface area contributed by atoms with Crippen LogP contribution in [0.25, 0.3) is 0 Å². The Hall–Kier alpha value is 0.0200. The van der Waals surface area contributed by atoms with E-state index < -0.39 is 69.2 Å². The van der Waals surface area contributed by atoms with Gasteiger partial charge in [-0.15, -0.1) is 0 Å². The summed E-state index contributed by atoms with van der Waals surface area (Å²) in [5, 5.41) is 51.9. The summed E-state index contributed by atoms with van der Waals surface area (Å²) in [7, 11) is -3.19. The van der Waals surface area contributed by atoms with Crippen LogP contribution in [0.4, 0.5) is 0 Å². The maximum Gasteiger partial charge on any atom is 0.186 e. The Kier molecular flexibility index (Phi) is 34.3. The van der Waals surface area contributed by atoms with Gasteiger partial charge in [-0.05, 0) is 55.6 Å². The molecular weight excluding hydrogens is 771 g/mol. The van der Waals surface area contributed by atoms with E-state index in [2.05, 4.69) is 31.4 Å². The first-order chi connectivity index (χ1) is 27.9. The maximum absolute atomic E-state index is 13.8. The number of nitrogens with zero attached hydrogens (tertiary/aromatic N) is 1. The van der Waals surface area contributed by atoms with Crippen LogP contribution in [0.1, 0.15) is 207 Å². The van der Waals surface area contributed by atoms with Crippen LogP contribution in [0.5, 0.6) is 0 Å². The van der Waals surface area contributed by atoms with Crippen molar-refractivity contribution in [1.82, 2.24) is 0 Å². The lowest BCUT2D eigenvalue weighted by molar-refractivity contribution is -0.302. The second kappa shape index (κ2) is 35.5. The zero-order valence-corrected chi connectivity index (χ0v) is 40.1. The van der Waals surface area contributed by atoms with Crippen molar-refractivity contribution in [3.63, 3.8) is 0 Å². The van der Waals surface area contributed by atoms with Gasteiger partial charge in [0.15, 0.2) is 6.29 Å². The van der Waals surface area contributed by atoms with Crippen molar-refractivity contribution in [2.75, 3.05) is 48.7 Å². The van der Waals surface area contributed by atoms with Gasteiger partial charge in [-0.1, -0.05) is 175 Å². The smallest absolute Gasteiger partial charge is 0.186 e. The summed E-state index contributed by atoms with van der Waals surface area (Å²) in [5.74, 6) is 4.68. The monoisotopic (exact) mass is 868 g/mol. The van der Waals surface area contributed by atoms with Crippen molar-refractivity contribution in [2.24, 2.45) is 4.36 Å². The van der Waals surface area contributed by atoms with Crippen molar-refractivity contribution in [1.29, 1.82) is 0 Å². The highest BCUT2D eigenvalue weighted by Gasteiger charge is 2.44. The lowest BCUT2D eigenvalue weighted by atomic mass is 9.99. The number of aliphatic hydroxyl groups is 5. The molecule has 1 fully saturated rings. The van der Waals surface area contributed by atoms with Crippen LogP contribution in [-0.4, -0.2) is 121 Å². The van der Waals surface area contributed by atoms with Gasteiger partial charge in [-0.3, -0.25) is 4.21 Å². The molecule has 0 spiro atoms. The van der Waals surface area contributed by atoms with Crippen LogP contribution < -0.4 is 0 Å². The van der Waals surface area contributed by atoms with Crippen molar-refractivity contribution >= 4 is 19.8 Å². The molecule has 11 heteroatoms. The molecule has 1 rings (SSSR count). The molecule has 5 N–H and O–H groups in total. The van der Waals surface area contributed by atoms with Crippen LogP contribution in [0, 0.1) is 0 Å². The quantitative estimate of drug-likeness (QED) is 0.0382. The molecule has 1 aliphatic rings. The molecule has 8 atom stereocenters. The van der Waals surface area contributed by atoms with Gasteiger partial charge in [0.25, 0.3) is 0 Å². The lowest BCUT2D eigenvalue weighted by Crippen LogP contribution is -2.59. The third-order valence-corrected chi connectivity index (χ3v) is 17.9. The molecule has 0 radical (unpaired) electrons. The number of rotatable bonds is 40. The Morgan fingerprint density at radius 2 is 0.931 bits per heavy atom. The third kappa shape index (κ3) is 27.2. The maximum atomic E-state index is 13.8. The van der Waals surface area contributed by atoms with Gasteiger partial charge in [0.2, 0.25) is 0 Å². The number of aliphatic hydroxyl groups excluding tert-OH is 5. The minimum Gasteiger partial charge on any atom is -0.394 e. The van der Waals surface area contributed by atoms with Crippen LogP contribution in [0.15, 0.2) is 4.36 Å². The lowest BCUT2D eigenvalue weighted by Gasteiger charge is -2.40. The highest BCUT2D eigenvalue weighted by Crippen LogP contribution is 2.47. The van der Waals surface area contributed by atoms with Gasteiger partial charge in [0, 0.05) is 21.7 Å². The average Bonchev–Trinajstić information content (AvgIpc) is 3.20. The van der Waals surface area contributed by atoms with E-state index in [-0.39, 0.29) is 6.61 Å². The summed E-state index contributed by atoms with van der Waals surface area (Å²) in [6.07, 6.45) is 32.0. The average molecular weight is 868 g/mol. The molecule has 1 saturated heterocycles. The summed E-state index contributed by atoms with van der Waals surface area (Å²) in [6, 6.07) is -0.799. The summed E-state index contributed by atoms with van der Waals surface area (Å²) >= 11 is 0. The predicted octanol–water partition coefficient (Wildman–Crippen LogP) is 10.4. The van der Waals surface area contributed by atoms with Crippen molar-refractivity contribution < 1.29 is 39.2 Å². The highest BCUT2D eigenvalue weighted by atomic mass is 32.3. The molecule has 1 heterocycles. The standard InChI is InChI=1S/C47H97NO8S2/c1-6-9-12-15-16-17-18-19-20-21-22-24-29-34-42(50)41(40-55-47-46(53)45(52)44(51)43(39-49)56-47)48-58(5,54)38-33-28-23-27-32-37-57(4,35-30-25-13-10-7-2)36-31-26-14-11-8-3/h41-47,49-53H,6-40H2,1-5H3/t41-,42+,43?,44?,45?,46?,47?,58?/m0/s1. The molecule has 0 aliphatic carbocycles. The number of unbranched alkanes of at least 4 members (excludes halogenated alkanes) is 24. The fourth-order valence-electron chi connectivity index (χ4n) is 8.28. The molecule has 0 aromatic heterocycles. The van der Waals surface area contributed by atoms with Gasteiger partial charge in [-0.2, -0.15) is 0 Å². The van der Waals surface area contributed by atoms with Crippen molar-refractivity contribution in [3.8, 4) is 0 Å². The van der Waals surface area contributed by atoms with E-state index in [4.69, 9.17) is 9.47 Å². The molecule has 9 nitrogen and oxygen atoms in total. The van der Waals surface area contributed by atoms with Crippen LogP contribution in [0.2, 0.25) is 0 Å². The Bertz CT molecular complexity index is 1040. The zero-order valence-electron chi connectivity index (χ0n) is 38.5. The first-order valence-electron chi connectivity index (χ1n) is 24.4. The molecule has 0 amide bonds. The van der Waals surface area contributed by atoms with E-state index in [0.717, 1.165) is 38.5 Å². The molecule has 6 unspecified atom stereocenters. The van der Waals surface area contributed by atoms with Gasteiger partial charge in [-0.25, -0.2) is 14.4 Å². The van der Waals surface area contributed by atoms with E-state index in [1.54, 1.807) is 6.26 Å². The highest BCUT2D eigenvalue weighted by molar-refractivity contribution is 8.33. The summed E-state index contributed by atoms with van der Waals surface area (Å²) < 4.78 is 29.9. The normalized spacial score (nSPS) is 22.5. The van der Waals surface area contributed by atoms with E-state index in [9.17, 15) is 29.7 Å². The Morgan fingerprint density at radius 1 is 0.552 bits per heavy atom. The fourth-order valence-corrected chi connectivity index (χ4v) is 13.2. The van der Waals surface area contributed by atoms with E-state index in [0.29, 0.717) is 12.2 Å². The molecule has 0 aromatic rings. The van der Waals surface area contributed by atoms with Crippen LogP contribution >= 0.6 is 10.0 Å². The first-order valence-corrected chi connectivity index (χ1v) is 29.1. The SMILES string of the molecule is CCCCCCCCCCCCCCC[C@@H](O)[C@H](COC1OC(CO)C(O)C(O)C1O)N=S(C)(=O)CCCCCCCS(C)(CCCCCCC)CCCCCCC. The van der Waals surface area contributed by atoms with Crippen LogP contribution in [-0.2, 0) is 19.2 Å². The van der Waals surface area contributed by atoms with E-state index in [1.807, 2.05) is 0 Å². The van der Waals surface area contributed by atoms with Gasteiger partial charge in [0.05, 0.1) is 19.3 Å². The predicted molar refractivity (Wildman–Crippen MR) is 250 cm³/mol. The van der Waals surface area contributed by atoms with Gasteiger partial charge >= 0.3 is 0 Å². The van der Waals surface area contributed by atoms with Crippen molar-refractivity contribution in [2.45, 2.75) is 250 Å². The molecular formula is C47H97NO8S2. The van der Waals surface area contributed by atoms with E-state index in [1.165, 1.54) is 159 Å². The Labute approximate surface area is 360 Å². The van der Waals surface area contributed by atoms with Gasteiger partial charge in [0.1, 0.15) is 30.5 Å². The first kappa shape index (κ1) is 56.0. The number of hydrogen-bond donors (Lipinski definition) is 5. The topological polar surface area (TPSA) is 149 Å². The van der Waals surface area contributed by atoms with E-state index >= 15 is 0 Å².